The van der Waals surface area contributed by atoms with Crippen molar-refractivity contribution in [3.63, 3.8) is 0 Å². The van der Waals surface area contributed by atoms with Crippen molar-refractivity contribution < 1.29 is 0 Å². The first-order valence-corrected chi connectivity index (χ1v) is 8.95. The van der Waals surface area contributed by atoms with Crippen LogP contribution in [0.3, 0.4) is 0 Å². The monoisotopic (exact) mass is 398 g/mol. The van der Waals surface area contributed by atoms with Crippen LogP contribution in [0, 0.1) is 4.77 Å². The van der Waals surface area contributed by atoms with Crippen LogP contribution in [-0.4, -0.2) is 21.1 Å². The summed E-state index contributed by atoms with van der Waals surface area (Å²) in [5.41, 5.74) is 1.68. The van der Waals surface area contributed by atoms with E-state index in [9.17, 15) is 0 Å². The van der Waals surface area contributed by atoms with E-state index in [1.54, 1.807) is 29.1 Å². The zero-order valence-electron chi connectivity index (χ0n) is 13.4. The van der Waals surface area contributed by atoms with Crippen molar-refractivity contribution in [2.75, 3.05) is 0 Å². The van der Waals surface area contributed by atoms with E-state index in [0.717, 1.165) is 16.3 Å². The quantitative estimate of drug-likeness (QED) is 0.342. The van der Waals surface area contributed by atoms with E-state index in [0.29, 0.717) is 26.2 Å². The average molecular weight is 399 g/mol. The van der Waals surface area contributed by atoms with Gasteiger partial charge < -0.3 is 0 Å². The van der Waals surface area contributed by atoms with Crippen molar-refractivity contribution in [2.24, 2.45) is 5.10 Å². The van der Waals surface area contributed by atoms with Gasteiger partial charge in [0.05, 0.1) is 11.2 Å². The van der Waals surface area contributed by atoms with Crippen molar-refractivity contribution in [3.05, 3.63) is 81.0 Å². The van der Waals surface area contributed by atoms with E-state index in [2.05, 4.69) is 33.5 Å². The Balaban J connectivity index is 1.81. The van der Waals surface area contributed by atoms with Gasteiger partial charge >= 0.3 is 0 Å². The van der Waals surface area contributed by atoms with Gasteiger partial charge in [-0.3, -0.25) is 0 Å². The largest absolute Gasteiger partial charge is 0.250 e. The second kappa shape index (κ2) is 7.03. The third-order valence-corrected chi connectivity index (χ3v) is 4.77. The SMILES string of the molecule is S=c1[nH]nc(-c2ccc(Cl)cc2Cl)n1N=Cc1cccc2ccccc12. The maximum absolute atomic E-state index is 6.30. The molecule has 0 unspecified atom stereocenters. The van der Waals surface area contributed by atoms with E-state index >= 15 is 0 Å². The summed E-state index contributed by atoms with van der Waals surface area (Å²) in [7, 11) is 0. The van der Waals surface area contributed by atoms with Crippen LogP contribution in [0.1, 0.15) is 5.56 Å². The highest BCUT2D eigenvalue weighted by Crippen LogP contribution is 2.29. The lowest BCUT2D eigenvalue weighted by Crippen LogP contribution is -1.96. The number of rotatable bonds is 3. The molecule has 4 aromatic rings. The fourth-order valence-electron chi connectivity index (χ4n) is 2.73. The van der Waals surface area contributed by atoms with Gasteiger partial charge in [0.25, 0.3) is 0 Å². The Labute approximate surface area is 164 Å². The standard InChI is InChI=1S/C19H12Cl2N4S/c20-14-8-9-16(17(21)10-14)18-23-24-19(26)25(18)22-11-13-6-3-5-12-4-1-2-7-15(12)13/h1-11H,(H,24,26). The molecule has 4 nitrogen and oxygen atoms in total. The minimum Gasteiger partial charge on any atom is -0.250 e. The Hall–Kier alpha value is -2.47. The lowest BCUT2D eigenvalue weighted by atomic mass is 10.1. The molecule has 26 heavy (non-hydrogen) atoms. The Morgan fingerprint density at radius 2 is 1.85 bits per heavy atom. The number of halogens is 2. The number of aromatic amines is 1. The van der Waals surface area contributed by atoms with Gasteiger partial charge in [-0.25, -0.2) is 5.10 Å². The van der Waals surface area contributed by atoms with E-state index < -0.39 is 0 Å². The summed E-state index contributed by atoms with van der Waals surface area (Å²) in [5, 5.41) is 14.8. The highest BCUT2D eigenvalue weighted by atomic mass is 35.5. The summed E-state index contributed by atoms with van der Waals surface area (Å²) in [6.45, 7) is 0. The molecule has 7 heteroatoms. The molecule has 1 N–H and O–H groups in total. The van der Waals surface area contributed by atoms with Crippen LogP contribution in [0.25, 0.3) is 22.2 Å². The fraction of sp³-hybridized carbons (Fsp3) is 0. The van der Waals surface area contributed by atoms with Crippen LogP contribution in [0.2, 0.25) is 10.0 Å². The third kappa shape index (κ3) is 3.17. The molecule has 0 aliphatic rings. The molecule has 4 rings (SSSR count). The van der Waals surface area contributed by atoms with Gasteiger partial charge in [0.15, 0.2) is 5.82 Å². The molecule has 0 saturated carbocycles. The van der Waals surface area contributed by atoms with Gasteiger partial charge in [0.1, 0.15) is 0 Å². The highest BCUT2D eigenvalue weighted by molar-refractivity contribution is 7.71. The Morgan fingerprint density at radius 3 is 2.69 bits per heavy atom. The summed E-state index contributed by atoms with van der Waals surface area (Å²) in [6.07, 6.45) is 1.76. The predicted octanol–water partition coefficient (Wildman–Crippen LogP) is 5.95. The zero-order chi connectivity index (χ0) is 18.1. The topological polar surface area (TPSA) is 46.0 Å². The molecule has 0 saturated heterocycles. The number of fused-ring (bicyclic) bond motifs is 1. The summed E-state index contributed by atoms with van der Waals surface area (Å²) in [4.78, 5) is 0. The number of benzene rings is 3. The molecule has 1 aromatic heterocycles. The number of hydrogen-bond acceptors (Lipinski definition) is 3. The second-order valence-electron chi connectivity index (χ2n) is 5.60. The number of aromatic nitrogens is 3. The van der Waals surface area contributed by atoms with Gasteiger partial charge in [0, 0.05) is 16.1 Å². The molecule has 128 valence electrons. The fourth-order valence-corrected chi connectivity index (χ4v) is 3.40. The van der Waals surface area contributed by atoms with E-state index in [1.165, 1.54) is 0 Å². The normalized spacial score (nSPS) is 11.5. The van der Waals surface area contributed by atoms with Gasteiger partial charge in [-0.05, 0) is 41.2 Å². The van der Waals surface area contributed by atoms with Crippen LogP contribution in [0.15, 0.2) is 65.8 Å². The zero-order valence-corrected chi connectivity index (χ0v) is 15.7. The minimum atomic E-state index is 0.377. The molecule has 3 aromatic carbocycles. The van der Waals surface area contributed by atoms with Crippen LogP contribution < -0.4 is 0 Å². The highest BCUT2D eigenvalue weighted by Gasteiger charge is 2.12. The van der Waals surface area contributed by atoms with Gasteiger partial charge in [-0.2, -0.15) is 14.9 Å². The van der Waals surface area contributed by atoms with Crippen LogP contribution in [0.4, 0.5) is 0 Å². The van der Waals surface area contributed by atoms with E-state index in [4.69, 9.17) is 35.4 Å². The number of H-pyrrole nitrogens is 1. The molecular weight excluding hydrogens is 387 g/mol. The van der Waals surface area contributed by atoms with E-state index in [1.807, 2.05) is 24.3 Å². The smallest absolute Gasteiger partial charge is 0.216 e. The van der Waals surface area contributed by atoms with Crippen LogP contribution in [-0.2, 0) is 0 Å². The first-order chi connectivity index (χ1) is 12.6. The third-order valence-electron chi connectivity index (χ3n) is 3.96. The lowest BCUT2D eigenvalue weighted by molar-refractivity contribution is 0.872. The number of hydrogen-bond donors (Lipinski definition) is 1. The average Bonchev–Trinajstić information content (AvgIpc) is 3.00. The van der Waals surface area contributed by atoms with Gasteiger partial charge in [-0.1, -0.05) is 65.7 Å². The predicted molar refractivity (Wildman–Crippen MR) is 110 cm³/mol. The van der Waals surface area contributed by atoms with Crippen molar-refractivity contribution in [3.8, 4) is 11.4 Å². The molecule has 0 fully saturated rings. The molecule has 0 atom stereocenters. The van der Waals surface area contributed by atoms with Crippen molar-refractivity contribution in [1.82, 2.24) is 14.9 Å². The maximum atomic E-state index is 6.30. The molecule has 0 radical (unpaired) electrons. The molecular formula is C19H12Cl2N4S. The van der Waals surface area contributed by atoms with Crippen LogP contribution >= 0.6 is 35.4 Å². The summed E-state index contributed by atoms with van der Waals surface area (Å²) in [5.74, 6) is 0.521. The van der Waals surface area contributed by atoms with E-state index in [-0.39, 0.29) is 0 Å². The summed E-state index contributed by atoms with van der Waals surface area (Å²) >= 11 is 17.6. The molecule has 1 heterocycles. The van der Waals surface area contributed by atoms with Gasteiger partial charge in [0.2, 0.25) is 4.77 Å². The number of nitrogens with one attached hydrogen (secondary N) is 1. The molecule has 0 aliphatic heterocycles. The minimum absolute atomic E-state index is 0.377. The molecule has 0 bridgehead atoms. The Kier molecular flexibility index (Phi) is 4.59. The first kappa shape index (κ1) is 17.0. The Bertz CT molecular complexity index is 1190. The molecule has 0 spiro atoms. The summed E-state index contributed by atoms with van der Waals surface area (Å²) < 4.78 is 1.93. The van der Waals surface area contributed by atoms with Gasteiger partial charge in [-0.15, -0.1) is 0 Å². The number of nitrogens with zero attached hydrogens (tertiary/aromatic N) is 3. The lowest BCUT2D eigenvalue weighted by Gasteiger charge is -2.05. The van der Waals surface area contributed by atoms with Crippen molar-refractivity contribution >= 4 is 52.4 Å². The summed E-state index contributed by atoms with van der Waals surface area (Å²) in [6, 6.07) is 19.4. The Morgan fingerprint density at radius 1 is 1.04 bits per heavy atom. The molecule has 0 amide bonds. The first-order valence-electron chi connectivity index (χ1n) is 7.78. The van der Waals surface area contributed by atoms with Crippen molar-refractivity contribution in [1.29, 1.82) is 0 Å². The molecule has 0 aliphatic carbocycles. The van der Waals surface area contributed by atoms with Crippen molar-refractivity contribution in [2.45, 2.75) is 0 Å². The maximum Gasteiger partial charge on any atom is 0.216 e. The van der Waals surface area contributed by atoms with Crippen LogP contribution in [0.5, 0.6) is 0 Å². The second-order valence-corrected chi connectivity index (χ2v) is 6.83.